The van der Waals surface area contributed by atoms with Crippen LogP contribution in [0.2, 0.25) is 0 Å². The minimum Gasteiger partial charge on any atom is -0.461 e. The first-order chi connectivity index (χ1) is 25.2. The summed E-state index contributed by atoms with van der Waals surface area (Å²) in [5.41, 5.74) is 0.220. The van der Waals surface area contributed by atoms with E-state index in [1.807, 2.05) is 0 Å². The Bertz CT molecular complexity index is 1460. The SMILES string of the molecule is C=C(C)C(=O)OCC(COC(=O)C1CCC(C(=O)OCC(COC(=O)C(=C)C)OC(C)=O)C(C(=O)OCC(COC(=O)C(=C)C)OC(C)=O)C1)OC(C)=O. The number of hydrogen-bond donors (Lipinski definition) is 0. The Kier molecular flexibility index (Phi) is 20.0. The maximum Gasteiger partial charge on any atom is 0.333 e. The predicted octanol–water partition coefficient (Wildman–Crippen LogP) is 1.80. The zero-order valence-electron chi connectivity index (χ0n) is 31.3. The number of ether oxygens (including phenoxy) is 9. The lowest BCUT2D eigenvalue weighted by atomic mass is 9.74. The van der Waals surface area contributed by atoms with Gasteiger partial charge in [-0.15, -0.1) is 0 Å². The number of carbonyl (C=O) groups is 9. The smallest absolute Gasteiger partial charge is 0.333 e. The highest BCUT2D eigenvalue weighted by Gasteiger charge is 2.44. The molecule has 0 radical (unpaired) electrons. The van der Waals surface area contributed by atoms with Crippen LogP contribution in [0.4, 0.5) is 0 Å². The standard InChI is InChI=1S/C36H48O18/c1-19(2)31(40)46-13-26(52-22(7)37)16-49-34(43)25-10-11-29(35(44)50-17-27(53-23(8)38)14-47-32(41)20(3)4)30(12-25)36(45)51-18-28(54-24(9)39)15-48-33(42)21(5)6/h25-30H,1,3,5,10-18H2,2,4,6-9H3. The molecule has 0 aliphatic heterocycles. The Morgan fingerprint density at radius 1 is 0.444 bits per heavy atom. The van der Waals surface area contributed by atoms with E-state index < -0.39 is 129 Å². The van der Waals surface area contributed by atoms with Gasteiger partial charge < -0.3 is 42.6 Å². The lowest BCUT2D eigenvalue weighted by Crippen LogP contribution is -2.42. The molecule has 1 saturated carbocycles. The summed E-state index contributed by atoms with van der Waals surface area (Å²) in [6, 6.07) is 0. The molecule has 1 fully saturated rings. The van der Waals surface area contributed by atoms with E-state index in [1.165, 1.54) is 20.8 Å². The largest absolute Gasteiger partial charge is 0.461 e. The van der Waals surface area contributed by atoms with Crippen LogP contribution >= 0.6 is 0 Å². The van der Waals surface area contributed by atoms with Crippen LogP contribution in [0.1, 0.15) is 60.8 Å². The quantitative estimate of drug-likeness (QED) is 0.0919. The van der Waals surface area contributed by atoms with Crippen LogP contribution in [-0.4, -0.2) is 112 Å². The van der Waals surface area contributed by atoms with Crippen molar-refractivity contribution in [2.75, 3.05) is 39.6 Å². The molecule has 18 heteroatoms. The molecule has 0 spiro atoms. The van der Waals surface area contributed by atoms with E-state index >= 15 is 0 Å². The maximum atomic E-state index is 13.5. The third-order valence-electron chi connectivity index (χ3n) is 7.27. The minimum absolute atomic E-state index is 0.0157. The molecule has 6 atom stereocenters. The summed E-state index contributed by atoms with van der Waals surface area (Å²) in [6.07, 6.45) is -4.01. The molecular formula is C36H48O18. The summed E-state index contributed by atoms with van der Waals surface area (Å²) in [4.78, 5) is 111. The van der Waals surface area contributed by atoms with Gasteiger partial charge in [0, 0.05) is 37.5 Å². The van der Waals surface area contributed by atoms with E-state index in [1.54, 1.807) is 0 Å². The van der Waals surface area contributed by atoms with Crippen molar-refractivity contribution in [3.63, 3.8) is 0 Å². The van der Waals surface area contributed by atoms with Crippen molar-refractivity contribution >= 4 is 53.7 Å². The Morgan fingerprint density at radius 3 is 1.06 bits per heavy atom. The van der Waals surface area contributed by atoms with Crippen LogP contribution in [0.25, 0.3) is 0 Å². The number of carbonyl (C=O) groups excluding carboxylic acids is 9. The lowest BCUT2D eigenvalue weighted by molar-refractivity contribution is -0.176. The topological polar surface area (TPSA) is 237 Å². The Morgan fingerprint density at radius 2 is 0.741 bits per heavy atom. The van der Waals surface area contributed by atoms with Crippen LogP contribution in [0, 0.1) is 17.8 Å². The molecule has 54 heavy (non-hydrogen) atoms. The third kappa shape index (κ3) is 17.8. The van der Waals surface area contributed by atoms with Gasteiger partial charge >= 0.3 is 53.7 Å². The second-order valence-electron chi connectivity index (χ2n) is 12.4. The fraction of sp³-hybridized carbons (Fsp3) is 0.583. The molecule has 1 rings (SSSR count). The van der Waals surface area contributed by atoms with Gasteiger partial charge in [-0.3, -0.25) is 28.8 Å². The molecule has 0 aromatic heterocycles. The van der Waals surface area contributed by atoms with Crippen molar-refractivity contribution in [2.24, 2.45) is 17.8 Å². The molecular weight excluding hydrogens is 720 g/mol. The van der Waals surface area contributed by atoms with Gasteiger partial charge in [-0.05, 0) is 40.0 Å². The highest BCUT2D eigenvalue weighted by molar-refractivity contribution is 5.88. The van der Waals surface area contributed by atoms with Gasteiger partial charge in [0.2, 0.25) is 0 Å². The maximum absolute atomic E-state index is 13.5. The second kappa shape index (κ2) is 23.2. The van der Waals surface area contributed by atoms with Crippen molar-refractivity contribution in [1.82, 2.24) is 0 Å². The van der Waals surface area contributed by atoms with E-state index in [0.717, 1.165) is 20.8 Å². The van der Waals surface area contributed by atoms with E-state index in [-0.39, 0.29) is 36.0 Å². The first-order valence-electron chi connectivity index (χ1n) is 16.7. The van der Waals surface area contributed by atoms with Gasteiger partial charge in [0.05, 0.1) is 17.8 Å². The van der Waals surface area contributed by atoms with Crippen LogP contribution in [0.3, 0.4) is 0 Å². The molecule has 18 nitrogen and oxygen atoms in total. The second-order valence-corrected chi connectivity index (χ2v) is 12.4. The zero-order valence-corrected chi connectivity index (χ0v) is 31.3. The number of esters is 9. The molecule has 0 aromatic rings. The highest BCUT2D eigenvalue weighted by Crippen LogP contribution is 2.36. The highest BCUT2D eigenvalue weighted by atomic mass is 16.6. The van der Waals surface area contributed by atoms with Crippen molar-refractivity contribution in [3.8, 4) is 0 Å². The lowest BCUT2D eigenvalue weighted by Gasteiger charge is -2.33. The minimum atomic E-state index is -1.34. The zero-order chi connectivity index (χ0) is 41.1. The van der Waals surface area contributed by atoms with Gasteiger partial charge in [-0.2, -0.15) is 0 Å². The molecule has 0 heterocycles. The van der Waals surface area contributed by atoms with E-state index in [9.17, 15) is 43.2 Å². The molecule has 6 unspecified atom stereocenters. The molecule has 0 saturated heterocycles. The summed E-state index contributed by atoms with van der Waals surface area (Å²) in [6.45, 7) is 14.7. The molecule has 0 N–H and O–H groups in total. The summed E-state index contributed by atoms with van der Waals surface area (Å²) in [5, 5.41) is 0. The average Bonchev–Trinajstić information content (AvgIpc) is 3.09. The Hall–Kier alpha value is -5.55. The van der Waals surface area contributed by atoms with Gasteiger partial charge in [-0.1, -0.05) is 19.7 Å². The Balaban J connectivity index is 3.19. The van der Waals surface area contributed by atoms with Gasteiger partial charge in [-0.25, -0.2) is 14.4 Å². The van der Waals surface area contributed by atoms with Crippen molar-refractivity contribution < 1.29 is 85.8 Å². The number of hydrogen-bond acceptors (Lipinski definition) is 18. The normalized spacial score (nSPS) is 17.8. The summed E-state index contributed by atoms with van der Waals surface area (Å²) >= 11 is 0. The molecule has 0 bridgehead atoms. The van der Waals surface area contributed by atoms with Crippen molar-refractivity contribution in [2.45, 2.75) is 79.1 Å². The van der Waals surface area contributed by atoms with Crippen LogP contribution in [0.15, 0.2) is 36.5 Å². The van der Waals surface area contributed by atoms with Gasteiger partial charge in [0.25, 0.3) is 0 Å². The molecule has 0 amide bonds. The summed E-state index contributed by atoms with van der Waals surface area (Å²) < 4.78 is 46.4. The van der Waals surface area contributed by atoms with Crippen LogP contribution in [0.5, 0.6) is 0 Å². The fourth-order valence-electron chi connectivity index (χ4n) is 4.71. The molecule has 300 valence electrons. The molecule has 1 aliphatic carbocycles. The number of rotatable bonds is 21. The van der Waals surface area contributed by atoms with Crippen molar-refractivity contribution in [1.29, 1.82) is 0 Å². The average molecular weight is 769 g/mol. The van der Waals surface area contributed by atoms with Gasteiger partial charge in [0.1, 0.15) is 39.6 Å². The fourth-order valence-corrected chi connectivity index (χ4v) is 4.71. The Labute approximate surface area is 312 Å². The monoisotopic (exact) mass is 768 g/mol. The van der Waals surface area contributed by atoms with Gasteiger partial charge in [0.15, 0.2) is 18.3 Å². The van der Waals surface area contributed by atoms with E-state index in [4.69, 9.17) is 42.6 Å². The summed E-state index contributed by atoms with van der Waals surface area (Å²) in [5.74, 6) is -10.9. The van der Waals surface area contributed by atoms with E-state index in [2.05, 4.69) is 19.7 Å². The first kappa shape index (κ1) is 46.5. The predicted molar refractivity (Wildman–Crippen MR) is 181 cm³/mol. The van der Waals surface area contributed by atoms with Crippen molar-refractivity contribution in [3.05, 3.63) is 36.5 Å². The first-order valence-corrected chi connectivity index (χ1v) is 16.7. The van der Waals surface area contributed by atoms with Crippen LogP contribution in [-0.2, 0) is 85.8 Å². The van der Waals surface area contributed by atoms with E-state index in [0.29, 0.717) is 0 Å². The molecule has 1 aliphatic rings. The third-order valence-corrected chi connectivity index (χ3v) is 7.27. The molecule has 0 aromatic carbocycles. The van der Waals surface area contributed by atoms with Crippen LogP contribution < -0.4 is 0 Å². The summed E-state index contributed by atoms with van der Waals surface area (Å²) in [7, 11) is 0.